The first-order valence-corrected chi connectivity index (χ1v) is 6.66. The Morgan fingerprint density at radius 3 is 2.88 bits per heavy atom. The van der Waals surface area contributed by atoms with Crippen molar-refractivity contribution in [2.45, 2.75) is 45.6 Å². The van der Waals surface area contributed by atoms with Crippen molar-refractivity contribution in [3.8, 4) is 0 Å². The van der Waals surface area contributed by atoms with Crippen molar-refractivity contribution >= 4 is 5.91 Å². The number of carbonyl (C=O) groups excluding carboxylic acids is 1. The molecule has 4 heteroatoms. The number of ether oxygens (including phenoxy) is 1. The molecule has 1 aliphatic heterocycles. The maximum atomic E-state index is 11.9. The van der Waals surface area contributed by atoms with Crippen LogP contribution < -0.4 is 10.6 Å². The molecule has 100 valence electrons. The van der Waals surface area contributed by atoms with Crippen LogP contribution in [0.5, 0.6) is 0 Å². The van der Waals surface area contributed by atoms with Gasteiger partial charge >= 0.3 is 0 Å². The number of hydrogen-bond donors (Lipinski definition) is 2. The molecule has 1 fully saturated rings. The molecule has 0 aromatic heterocycles. The molecule has 1 aliphatic rings. The van der Waals surface area contributed by atoms with Crippen molar-refractivity contribution < 1.29 is 9.53 Å². The minimum Gasteiger partial charge on any atom is -0.381 e. The summed E-state index contributed by atoms with van der Waals surface area (Å²) in [5.74, 6) is 0.699. The zero-order valence-corrected chi connectivity index (χ0v) is 11.3. The van der Waals surface area contributed by atoms with Gasteiger partial charge in [0.15, 0.2) is 0 Å². The van der Waals surface area contributed by atoms with Crippen molar-refractivity contribution in [2.24, 2.45) is 5.92 Å². The maximum Gasteiger partial charge on any atom is 0.240 e. The highest BCUT2D eigenvalue weighted by atomic mass is 16.5. The molecule has 1 atom stereocenters. The molecule has 0 saturated carbocycles. The Bertz CT molecular complexity index is 236. The van der Waals surface area contributed by atoms with Crippen LogP contribution in [-0.4, -0.2) is 37.7 Å². The van der Waals surface area contributed by atoms with Crippen LogP contribution in [0.3, 0.4) is 0 Å². The molecule has 0 aliphatic carbocycles. The summed E-state index contributed by atoms with van der Waals surface area (Å²) in [5, 5.41) is 6.23. The molecule has 0 bridgehead atoms. The fraction of sp³-hybridized carbons (Fsp3) is 0.923. The third kappa shape index (κ3) is 5.04. The second-order valence-electron chi connectivity index (χ2n) is 5.44. The van der Waals surface area contributed by atoms with E-state index in [2.05, 4.69) is 24.5 Å². The molecule has 1 saturated heterocycles. The van der Waals surface area contributed by atoms with Crippen LogP contribution in [-0.2, 0) is 9.53 Å². The van der Waals surface area contributed by atoms with Crippen molar-refractivity contribution in [3.63, 3.8) is 0 Å². The van der Waals surface area contributed by atoms with Gasteiger partial charge in [-0.05, 0) is 38.6 Å². The first-order chi connectivity index (χ1) is 8.04. The van der Waals surface area contributed by atoms with E-state index in [-0.39, 0.29) is 11.4 Å². The minimum atomic E-state index is -0.348. The van der Waals surface area contributed by atoms with Crippen molar-refractivity contribution in [2.75, 3.05) is 26.3 Å². The fourth-order valence-corrected chi connectivity index (χ4v) is 1.98. The van der Waals surface area contributed by atoms with E-state index in [0.717, 1.165) is 39.0 Å². The molecule has 1 amide bonds. The van der Waals surface area contributed by atoms with Gasteiger partial charge in [-0.3, -0.25) is 4.79 Å². The normalized spacial score (nSPS) is 24.2. The highest BCUT2D eigenvalue weighted by Gasteiger charge is 2.35. The van der Waals surface area contributed by atoms with Gasteiger partial charge in [0.25, 0.3) is 0 Å². The highest BCUT2D eigenvalue weighted by Crippen LogP contribution is 2.18. The predicted molar refractivity (Wildman–Crippen MR) is 68.9 cm³/mol. The van der Waals surface area contributed by atoms with E-state index in [1.807, 2.05) is 6.92 Å². The summed E-state index contributed by atoms with van der Waals surface area (Å²) in [6, 6.07) is 0. The van der Waals surface area contributed by atoms with Crippen LogP contribution in [0.2, 0.25) is 0 Å². The van der Waals surface area contributed by atoms with Gasteiger partial charge in [0, 0.05) is 19.8 Å². The predicted octanol–water partition coefficient (Wildman–Crippen LogP) is 1.31. The SMILES string of the molecule is CC(C)COCCCNC(=O)C1(C)CCCN1. The molecule has 1 unspecified atom stereocenters. The lowest BCUT2D eigenvalue weighted by Gasteiger charge is -2.23. The van der Waals surface area contributed by atoms with Crippen LogP contribution in [0.1, 0.15) is 40.0 Å². The van der Waals surface area contributed by atoms with Crippen molar-refractivity contribution in [1.82, 2.24) is 10.6 Å². The Labute approximate surface area is 104 Å². The number of rotatable bonds is 7. The zero-order chi connectivity index (χ0) is 12.7. The van der Waals surface area contributed by atoms with Crippen LogP contribution in [0.15, 0.2) is 0 Å². The molecular weight excluding hydrogens is 216 g/mol. The van der Waals surface area contributed by atoms with Gasteiger partial charge in [-0.15, -0.1) is 0 Å². The van der Waals surface area contributed by atoms with E-state index >= 15 is 0 Å². The standard InChI is InChI=1S/C13H26N2O2/c1-11(2)10-17-9-5-7-14-12(16)13(3)6-4-8-15-13/h11,15H,4-10H2,1-3H3,(H,14,16). The lowest BCUT2D eigenvalue weighted by Crippen LogP contribution is -2.51. The summed E-state index contributed by atoms with van der Waals surface area (Å²) in [7, 11) is 0. The van der Waals surface area contributed by atoms with Gasteiger partial charge in [-0.2, -0.15) is 0 Å². The van der Waals surface area contributed by atoms with Crippen LogP contribution >= 0.6 is 0 Å². The number of amides is 1. The second-order valence-corrected chi connectivity index (χ2v) is 5.44. The lowest BCUT2D eigenvalue weighted by atomic mass is 9.99. The molecule has 0 spiro atoms. The zero-order valence-electron chi connectivity index (χ0n) is 11.3. The quantitative estimate of drug-likeness (QED) is 0.662. The van der Waals surface area contributed by atoms with E-state index in [9.17, 15) is 4.79 Å². The molecule has 0 aromatic rings. The van der Waals surface area contributed by atoms with E-state index in [0.29, 0.717) is 12.5 Å². The van der Waals surface area contributed by atoms with Gasteiger partial charge in [0.2, 0.25) is 5.91 Å². The molecule has 0 radical (unpaired) electrons. The summed E-state index contributed by atoms with van der Waals surface area (Å²) >= 11 is 0. The fourth-order valence-electron chi connectivity index (χ4n) is 1.98. The Kier molecular flexibility index (Phi) is 5.92. The molecule has 17 heavy (non-hydrogen) atoms. The number of nitrogens with one attached hydrogen (secondary N) is 2. The van der Waals surface area contributed by atoms with Crippen LogP contribution in [0.4, 0.5) is 0 Å². The summed E-state index contributed by atoms with van der Waals surface area (Å²) in [4.78, 5) is 11.9. The summed E-state index contributed by atoms with van der Waals surface area (Å²) in [5.41, 5.74) is -0.348. The van der Waals surface area contributed by atoms with Gasteiger partial charge in [0.05, 0.1) is 5.54 Å². The highest BCUT2D eigenvalue weighted by molar-refractivity contribution is 5.86. The summed E-state index contributed by atoms with van der Waals surface area (Å²) < 4.78 is 5.46. The average Bonchev–Trinajstić information content (AvgIpc) is 2.71. The number of carbonyl (C=O) groups is 1. The molecule has 1 rings (SSSR count). The maximum absolute atomic E-state index is 11.9. The molecule has 0 aromatic carbocycles. The topological polar surface area (TPSA) is 50.4 Å². The van der Waals surface area contributed by atoms with Crippen LogP contribution in [0, 0.1) is 5.92 Å². The van der Waals surface area contributed by atoms with Crippen molar-refractivity contribution in [1.29, 1.82) is 0 Å². The molecule has 2 N–H and O–H groups in total. The Morgan fingerprint density at radius 2 is 2.29 bits per heavy atom. The van der Waals surface area contributed by atoms with E-state index in [1.54, 1.807) is 0 Å². The summed E-state index contributed by atoms with van der Waals surface area (Å²) in [6.07, 6.45) is 2.90. The van der Waals surface area contributed by atoms with Gasteiger partial charge in [0.1, 0.15) is 0 Å². The third-order valence-corrected chi connectivity index (χ3v) is 3.07. The largest absolute Gasteiger partial charge is 0.381 e. The lowest BCUT2D eigenvalue weighted by molar-refractivity contribution is -0.126. The number of hydrogen-bond acceptors (Lipinski definition) is 3. The van der Waals surface area contributed by atoms with Crippen LogP contribution in [0.25, 0.3) is 0 Å². The third-order valence-electron chi connectivity index (χ3n) is 3.07. The van der Waals surface area contributed by atoms with Gasteiger partial charge in [-0.1, -0.05) is 13.8 Å². The second kappa shape index (κ2) is 6.97. The van der Waals surface area contributed by atoms with Crippen molar-refractivity contribution in [3.05, 3.63) is 0 Å². The summed E-state index contributed by atoms with van der Waals surface area (Å²) in [6.45, 7) is 9.42. The van der Waals surface area contributed by atoms with E-state index in [1.165, 1.54) is 0 Å². The monoisotopic (exact) mass is 242 g/mol. The van der Waals surface area contributed by atoms with E-state index < -0.39 is 0 Å². The minimum absolute atomic E-state index is 0.124. The molecule has 1 heterocycles. The first-order valence-electron chi connectivity index (χ1n) is 6.66. The smallest absolute Gasteiger partial charge is 0.240 e. The Hall–Kier alpha value is -0.610. The average molecular weight is 242 g/mol. The Balaban J connectivity index is 2.04. The van der Waals surface area contributed by atoms with E-state index in [4.69, 9.17) is 4.74 Å². The van der Waals surface area contributed by atoms with Gasteiger partial charge < -0.3 is 15.4 Å². The Morgan fingerprint density at radius 1 is 1.53 bits per heavy atom. The van der Waals surface area contributed by atoms with Gasteiger partial charge in [-0.25, -0.2) is 0 Å². The molecule has 4 nitrogen and oxygen atoms in total. The molecular formula is C13H26N2O2. The first kappa shape index (κ1) is 14.5.